The van der Waals surface area contributed by atoms with Crippen molar-refractivity contribution < 1.29 is 28.7 Å². The molecule has 0 spiro atoms. The van der Waals surface area contributed by atoms with Gasteiger partial charge in [-0.2, -0.15) is 0 Å². The lowest BCUT2D eigenvalue weighted by atomic mass is 10.0. The summed E-state index contributed by atoms with van der Waals surface area (Å²) in [6.07, 6.45) is 0.0786. The number of nitrogens with one attached hydrogen (secondary N) is 4. The van der Waals surface area contributed by atoms with Gasteiger partial charge >= 0.3 is 6.09 Å². The fourth-order valence-electron chi connectivity index (χ4n) is 4.10. The molecule has 1 fully saturated rings. The van der Waals surface area contributed by atoms with Crippen molar-refractivity contribution in [3.05, 3.63) is 30.0 Å². The Morgan fingerprint density at radius 2 is 1.95 bits per heavy atom. The van der Waals surface area contributed by atoms with Crippen LogP contribution in [0.2, 0.25) is 0 Å². The highest BCUT2D eigenvalue weighted by molar-refractivity contribution is 6.01. The van der Waals surface area contributed by atoms with Gasteiger partial charge < -0.3 is 25.1 Å². The first-order chi connectivity index (χ1) is 17.4. The van der Waals surface area contributed by atoms with E-state index in [2.05, 4.69) is 21.0 Å². The van der Waals surface area contributed by atoms with Crippen molar-refractivity contribution in [2.75, 3.05) is 20.2 Å². The van der Waals surface area contributed by atoms with Crippen molar-refractivity contribution in [3.63, 3.8) is 0 Å². The van der Waals surface area contributed by atoms with Gasteiger partial charge in [0, 0.05) is 17.4 Å². The van der Waals surface area contributed by atoms with Crippen LogP contribution < -0.4 is 20.8 Å². The molecule has 37 heavy (non-hydrogen) atoms. The second-order valence-corrected chi connectivity index (χ2v) is 10.6. The molecule has 1 saturated heterocycles. The summed E-state index contributed by atoms with van der Waals surface area (Å²) >= 11 is 0. The van der Waals surface area contributed by atoms with E-state index in [0.29, 0.717) is 25.1 Å². The highest BCUT2D eigenvalue weighted by Crippen LogP contribution is 2.26. The van der Waals surface area contributed by atoms with Gasteiger partial charge in [-0.1, -0.05) is 19.9 Å². The predicted octanol–water partition coefficient (Wildman–Crippen LogP) is 2.73. The Balaban J connectivity index is 1.79. The summed E-state index contributed by atoms with van der Waals surface area (Å²) in [7, 11) is 1.55. The third kappa shape index (κ3) is 7.37. The largest absolute Gasteiger partial charge is 0.496 e. The summed E-state index contributed by atoms with van der Waals surface area (Å²) in [5.74, 6) is -1.04. The molecule has 0 radical (unpaired) electrons. The Hall–Kier alpha value is -3.76. The first kappa shape index (κ1) is 27.8. The van der Waals surface area contributed by atoms with Crippen LogP contribution in [0.4, 0.5) is 4.79 Å². The minimum Gasteiger partial charge on any atom is -0.496 e. The number of carbonyl (C=O) groups excluding carboxylic acids is 4. The Bertz CT molecular complexity index is 1150. The van der Waals surface area contributed by atoms with Gasteiger partial charge in [0.25, 0.3) is 11.8 Å². The van der Waals surface area contributed by atoms with E-state index in [4.69, 9.17) is 9.47 Å². The maximum Gasteiger partial charge on any atom is 0.429 e. The molecule has 2 heterocycles. The van der Waals surface area contributed by atoms with E-state index < -0.39 is 35.5 Å². The van der Waals surface area contributed by atoms with Crippen LogP contribution in [-0.4, -0.2) is 65.6 Å². The van der Waals surface area contributed by atoms with Crippen molar-refractivity contribution in [1.29, 1.82) is 0 Å². The number of hydrazine groups is 1. The summed E-state index contributed by atoms with van der Waals surface area (Å²) in [6, 6.07) is 6.15. The predicted molar refractivity (Wildman–Crippen MR) is 138 cm³/mol. The summed E-state index contributed by atoms with van der Waals surface area (Å²) in [4.78, 5) is 54.5. The van der Waals surface area contributed by atoms with Gasteiger partial charge in [-0.3, -0.25) is 19.8 Å². The average Bonchev–Trinajstić information content (AvgIpc) is 3.42. The number of H-pyrrole nitrogens is 1. The number of carbonyl (C=O) groups is 4. The number of amides is 4. The first-order valence-electron chi connectivity index (χ1n) is 12.4. The number of rotatable bonds is 8. The molecule has 0 bridgehead atoms. The van der Waals surface area contributed by atoms with Crippen molar-refractivity contribution in [2.45, 2.75) is 59.1 Å². The van der Waals surface area contributed by atoms with Gasteiger partial charge in [0.15, 0.2) is 0 Å². The number of aromatic nitrogens is 1. The lowest BCUT2D eigenvalue weighted by Crippen LogP contribution is -2.56. The van der Waals surface area contributed by atoms with Crippen LogP contribution in [-0.2, 0) is 14.3 Å². The van der Waals surface area contributed by atoms with Crippen molar-refractivity contribution in [1.82, 2.24) is 26.1 Å². The van der Waals surface area contributed by atoms with Crippen LogP contribution in [0.25, 0.3) is 10.9 Å². The van der Waals surface area contributed by atoms with E-state index in [0.717, 1.165) is 15.9 Å². The van der Waals surface area contributed by atoms with E-state index >= 15 is 0 Å². The van der Waals surface area contributed by atoms with E-state index in [9.17, 15) is 19.2 Å². The van der Waals surface area contributed by atoms with Gasteiger partial charge in [-0.25, -0.2) is 9.80 Å². The highest BCUT2D eigenvalue weighted by atomic mass is 16.6. The maximum absolute atomic E-state index is 13.3. The van der Waals surface area contributed by atoms with Gasteiger partial charge in [0.2, 0.25) is 5.91 Å². The molecule has 1 aromatic carbocycles. The third-order valence-electron chi connectivity index (χ3n) is 5.84. The van der Waals surface area contributed by atoms with Crippen LogP contribution in [0.1, 0.15) is 57.9 Å². The number of hydrogen-bond donors (Lipinski definition) is 4. The topological polar surface area (TPSA) is 142 Å². The summed E-state index contributed by atoms with van der Waals surface area (Å²) in [5, 5.41) is 7.27. The molecule has 11 nitrogen and oxygen atoms in total. The zero-order chi connectivity index (χ0) is 27.3. The van der Waals surface area contributed by atoms with Crippen LogP contribution in [0.3, 0.4) is 0 Å². The lowest BCUT2D eigenvalue weighted by Gasteiger charge is -2.30. The Morgan fingerprint density at radius 1 is 1.22 bits per heavy atom. The van der Waals surface area contributed by atoms with Crippen molar-refractivity contribution in [3.8, 4) is 5.75 Å². The molecule has 2 aromatic rings. The number of ether oxygens (including phenoxy) is 2. The van der Waals surface area contributed by atoms with E-state index in [-0.39, 0.29) is 24.1 Å². The number of fused-ring (bicyclic) bond motifs is 1. The summed E-state index contributed by atoms with van der Waals surface area (Å²) in [6.45, 7) is 9.44. The van der Waals surface area contributed by atoms with Crippen molar-refractivity contribution in [2.24, 2.45) is 11.8 Å². The minimum absolute atomic E-state index is 0.0450. The van der Waals surface area contributed by atoms with Gasteiger partial charge in [-0.05, 0) is 57.7 Å². The molecule has 1 aliphatic heterocycles. The van der Waals surface area contributed by atoms with Gasteiger partial charge in [0.1, 0.15) is 23.1 Å². The van der Waals surface area contributed by atoms with E-state index in [1.807, 2.05) is 26.0 Å². The molecule has 1 aliphatic rings. The number of methoxy groups -OCH3 is 1. The smallest absolute Gasteiger partial charge is 0.429 e. The number of nitrogens with zero attached hydrogens (tertiary/aromatic N) is 1. The second kappa shape index (κ2) is 11.5. The molecule has 3 rings (SSSR count). The van der Waals surface area contributed by atoms with Crippen LogP contribution in [0, 0.1) is 11.8 Å². The standard InChI is InChI=1S/C26H37N5O6/c1-15(2)12-19(29-23(33)20-13-17-18(28-20)8-7-9-21(17)36-6)24(34)30-31(25(35)37-26(3,4)5)14-16-10-11-27-22(16)32/h7-9,13,15-16,19,28H,10-12,14H2,1-6H3,(H,27,32)(H,29,33)(H,30,34)/t16-,19-/m0/s1. The summed E-state index contributed by atoms with van der Waals surface area (Å²) < 4.78 is 10.8. The molecule has 2 atom stereocenters. The zero-order valence-electron chi connectivity index (χ0n) is 22.3. The molecule has 0 aliphatic carbocycles. The molecular weight excluding hydrogens is 478 g/mol. The number of hydrogen-bond acceptors (Lipinski definition) is 6. The Kier molecular flexibility index (Phi) is 8.67. The molecule has 0 saturated carbocycles. The third-order valence-corrected chi connectivity index (χ3v) is 5.84. The fourth-order valence-corrected chi connectivity index (χ4v) is 4.10. The molecule has 0 unspecified atom stereocenters. The molecular formula is C26H37N5O6. The van der Waals surface area contributed by atoms with Crippen LogP contribution in [0.5, 0.6) is 5.75 Å². The van der Waals surface area contributed by atoms with Gasteiger partial charge in [-0.15, -0.1) is 0 Å². The Morgan fingerprint density at radius 3 is 2.54 bits per heavy atom. The van der Waals surface area contributed by atoms with Gasteiger partial charge in [0.05, 0.1) is 19.6 Å². The van der Waals surface area contributed by atoms with Crippen LogP contribution >= 0.6 is 0 Å². The normalized spacial score (nSPS) is 16.3. The Labute approximate surface area is 216 Å². The molecule has 4 N–H and O–H groups in total. The van der Waals surface area contributed by atoms with Crippen LogP contribution in [0.15, 0.2) is 24.3 Å². The average molecular weight is 516 g/mol. The monoisotopic (exact) mass is 515 g/mol. The molecule has 11 heteroatoms. The highest BCUT2D eigenvalue weighted by Gasteiger charge is 2.33. The van der Waals surface area contributed by atoms with Crippen molar-refractivity contribution >= 4 is 34.7 Å². The fraction of sp³-hybridized carbons (Fsp3) is 0.538. The first-order valence-corrected chi connectivity index (χ1v) is 12.4. The minimum atomic E-state index is -0.942. The maximum atomic E-state index is 13.3. The van der Waals surface area contributed by atoms with E-state index in [1.54, 1.807) is 40.0 Å². The zero-order valence-corrected chi connectivity index (χ0v) is 22.3. The molecule has 202 valence electrons. The number of aromatic amines is 1. The summed E-state index contributed by atoms with van der Waals surface area (Å²) in [5.41, 5.74) is 2.78. The second-order valence-electron chi connectivity index (χ2n) is 10.6. The lowest BCUT2D eigenvalue weighted by molar-refractivity contribution is -0.130. The SMILES string of the molecule is COc1cccc2[nH]c(C(=O)N[C@@H](CC(C)C)C(=O)NN(C[C@@H]3CCNC3=O)C(=O)OC(C)(C)C)cc12. The number of benzene rings is 1. The van der Waals surface area contributed by atoms with E-state index in [1.165, 1.54) is 0 Å². The molecule has 1 aromatic heterocycles. The quantitative estimate of drug-likeness (QED) is 0.398. The molecule has 4 amide bonds.